The molecule has 2 N–H and O–H groups in total. The lowest BCUT2D eigenvalue weighted by Crippen LogP contribution is -2.33. The second-order valence-corrected chi connectivity index (χ2v) is 7.22. The Morgan fingerprint density at radius 3 is 2.33 bits per heavy atom. The van der Waals surface area contributed by atoms with Crippen LogP contribution in [0.3, 0.4) is 0 Å². The number of amides is 1. The molecule has 0 aromatic heterocycles. The standard InChI is InChI=1S/C17H15F3N2O4S/c1-11(23)14-7-2-3-8-15(14)22-27(25,26)13-6-4-5-12(9-13)16(24)21-10-17(18,19)20/h2-9,22H,10H2,1H3,(H,21,24). The van der Waals surface area contributed by atoms with Gasteiger partial charge in [-0.15, -0.1) is 0 Å². The summed E-state index contributed by atoms with van der Waals surface area (Å²) in [6, 6.07) is 10.5. The minimum atomic E-state index is -4.59. The molecule has 144 valence electrons. The van der Waals surface area contributed by atoms with Gasteiger partial charge in [0, 0.05) is 11.1 Å². The van der Waals surface area contributed by atoms with Crippen LogP contribution in [0.4, 0.5) is 18.9 Å². The third-order valence-corrected chi connectivity index (χ3v) is 4.77. The van der Waals surface area contributed by atoms with Crippen LogP contribution < -0.4 is 10.0 Å². The number of anilines is 1. The fourth-order valence-corrected chi connectivity index (χ4v) is 3.30. The van der Waals surface area contributed by atoms with Gasteiger partial charge < -0.3 is 5.32 Å². The van der Waals surface area contributed by atoms with E-state index in [1.54, 1.807) is 11.4 Å². The number of para-hydroxylation sites is 1. The number of halogens is 3. The van der Waals surface area contributed by atoms with E-state index in [4.69, 9.17) is 0 Å². The van der Waals surface area contributed by atoms with Crippen molar-refractivity contribution in [2.45, 2.75) is 18.0 Å². The van der Waals surface area contributed by atoms with Gasteiger partial charge in [0.25, 0.3) is 15.9 Å². The molecule has 2 aromatic carbocycles. The zero-order valence-electron chi connectivity index (χ0n) is 14.0. The molecule has 10 heteroatoms. The van der Waals surface area contributed by atoms with E-state index in [1.807, 2.05) is 0 Å². The number of Topliss-reactive ketones (excluding diaryl/α,β-unsaturated/α-hetero) is 1. The van der Waals surface area contributed by atoms with E-state index in [9.17, 15) is 31.2 Å². The molecule has 0 heterocycles. The predicted octanol–water partition coefficient (Wildman–Crippen LogP) is 2.98. The first-order valence-corrected chi connectivity index (χ1v) is 9.06. The van der Waals surface area contributed by atoms with Crippen LogP contribution >= 0.6 is 0 Å². The Bertz CT molecular complexity index is 972. The summed E-state index contributed by atoms with van der Waals surface area (Å²) in [5.41, 5.74) is -0.0425. The first kappa shape index (κ1) is 20.4. The van der Waals surface area contributed by atoms with Gasteiger partial charge in [-0.3, -0.25) is 14.3 Å². The highest BCUT2D eigenvalue weighted by atomic mass is 32.2. The van der Waals surface area contributed by atoms with Crippen molar-refractivity contribution in [1.29, 1.82) is 0 Å². The minimum Gasteiger partial charge on any atom is -0.343 e. The van der Waals surface area contributed by atoms with Gasteiger partial charge in [-0.1, -0.05) is 18.2 Å². The molecule has 0 fully saturated rings. The minimum absolute atomic E-state index is 0.0527. The summed E-state index contributed by atoms with van der Waals surface area (Å²) in [4.78, 5) is 23.1. The zero-order chi connectivity index (χ0) is 20.2. The van der Waals surface area contributed by atoms with Crippen LogP contribution in [0.15, 0.2) is 53.4 Å². The maximum atomic E-state index is 12.5. The van der Waals surface area contributed by atoms with Gasteiger partial charge in [0.05, 0.1) is 10.6 Å². The normalized spacial score (nSPS) is 11.7. The van der Waals surface area contributed by atoms with E-state index in [0.717, 1.165) is 6.07 Å². The average molecular weight is 400 g/mol. The number of hydrogen-bond acceptors (Lipinski definition) is 4. The molecule has 2 aromatic rings. The molecule has 27 heavy (non-hydrogen) atoms. The molecular formula is C17H15F3N2O4S. The predicted molar refractivity (Wildman–Crippen MR) is 92.1 cm³/mol. The van der Waals surface area contributed by atoms with Crippen LogP contribution in [0.25, 0.3) is 0 Å². The van der Waals surface area contributed by atoms with Gasteiger partial charge in [-0.25, -0.2) is 8.42 Å². The van der Waals surface area contributed by atoms with Crippen LogP contribution in [0.1, 0.15) is 27.6 Å². The Hall–Kier alpha value is -2.88. The summed E-state index contributed by atoms with van der Waals surface area (Å²) in [7, 11) is -4.17. The average Bonchev–Trinajstić information content (AvgIpc) is 2.59. The summed E-state index contributed by atoms with van der Waals surface area (Å²) >= 11 is 0. The summed E-state index contributed by atoms with van der Waals surface area (Å²) in [5, 5.41) is 1.67. The Kier molecular flexibility index (Phi) is 5.89. The van der Waals surface area contributed by atoms with E-state index in [0.29, 0.717) is 0 Å². The highest BCUT2D eigenvalue weighted by Gasteiger charge is 2.28. The van der Waals surface area contributed by atoms with Crippen molar-refractivity contribution in [2.75, 3.05) is 11.3 Å². The molecule has 6 nitrogen and oxygen atoms in total. The SMILES string of the molecule is CC(=O)c1ccccc1NS(=O)(=O)c1cccc(C(=O)NCC(F)(F)F)c1. The van der Waals surface area contributed by atoms with Gasteiger partial charge in [0.1, 0.15) is 6.54 Å². The van der Waals surface area contributed by atoms with E-state index >= 15 is 0 Å². The molecule has 0 aliphatic carbocycles. The van der Waals surface area contributed by atoms with Crippen molar-refractivity contribution in [3.05, 3.63) is 59.7 Å². The molecule has 0 saturated carbocycles. The van der Waals surface area contributed by atoms with E-state index in [-0.39, 0.29) is 27.5 Å². The van der Waals surface area contributed by atoms with Crippen LogP contribution in [0.5, 0.6) is 0 Å². The maximum Gasteiger partial charge on any atom is 0.405 e. The van der Waals surface area contributed by atoms with Crippen molar-refractivity contribution < 1.29 is 31.2 Å². The third kappa shape index (κ3) is 5.55. The van der Waals surface area contributed by atoms with E-state index in [2.05, 4.69) is 4.72 Å². The molecule has 0 aliphatic rings. The Morgan fingerprint density at radius 1 is 1.04 bits per heavy atom. The van der Waals surface area contributed by atoms with Crippen molar-refractivity contribution in [3.8, 4) is 0 Å². The van der Waals surface area contributed by atoms with Gasteiger partial charge in [0.2, 0.25) is 0 Å². The number of rotatable bonds is 6. The summed E-state index contributed by atoms with van der Waals surface area (Å²) in [6.07, 6.45) is -4.59. The first-order chi connectivity index (χ1) is 12.5. The second kappa shape index (κ2) is 7.78. The monoisotopic (exact) mass is 400 g/mol. The van der Waals surface area contributed by atoms with Crippen molar-refractivity contribution >= 4 is 27.4 Å². The lowest BCUT2D eigenvalue weighted by atomic mass is 10.1. The number of hydrogen-bond donors (Lipinski definition) is 2. The fraction of sp³-hybridized carbons (Fsp3) is 0.176. The summed E-state index contributed by atoms with van der Waals surface area (Å²) < 4.78 is 63.9. The van der Waals surface area contributed by atoms with Crippen molar-refractivity contribution in [3.63, 3.8) is 0 Å². The fourth-order valence-electron chi connectivity index (χ4n) is 2.17. The summed E-state index contributed by atoms with van der Waals surface area (Å²) in [5.74, 6) is -1.41. The molecule has 0 unspecified atom stereocenters. The van der Waals surface area contributed by atoms with Gasteiger partial charge in [-0.2, -0.15) is 13.2 Å². The zero-order valence-corrected chi connectivity index (χ0v) is 14.8. The van der Waals surface area contributed by atoms with Crippen LogP contribution in [0, 0.1) is 0 Å². The molecule has 0 atom stereocenters. The second-order valence-electron chi connectivity index (χ2n) is 5.53. The van der Waals surface area contributed by atoms with Crippen LogP contribution in [-0.2, 0) is 10.0 Å². The smallest absolute Gasteiger partial charge is 0.343 e. The molecule has 1 amide bonds. The number of carbonyl (C=O) groups excluding carboxylic acids is 2. The Morgan fingerprint density at radius 2 is 1.70 bits per heavy atom. The van der Waals surface area contributed by atoms with Gasteiger partial charge >= 0.3 is 6.18 Å². The van der Waals surface area contributed by atoms with Gasteiger partial charge in [0.15, 0.2) is 5.78 Å². The van der Waals surface area contributed by atoms with Gasteiger partial charge in [-0.05, 0) is 37.3 Å². The number of nitrogens with one attached hydrogen (secondary N) is 2. The molecule has 0 bridgehead atoms. The Balaban J connectivity index is 2.27. The molecule has 0 radical (unpaired) electrons. The van der Waals surface area contributed by atoms with E-state index < -0.39 is 28.7 Å². The number of alkyl halides is 3. The van der Waals surface area contributed by atoms with Crippen molar-refractivity contribution in [2.24, 2.45) is 0 Å². The molecule has 0 saturated heterocycles. The van der Waals surface area contributed by atoms with Crippen molar-refractivity contribution in [1.82, 2.24) is 5.32 Å². The van der Waals surface area contributed by atoms with Crippen LogP contribution in [0.2, 0.25) is 0 Å². The lowest BCUT2D eigenvalue weighted by Gasteiger charge is -2.12. The number of ketones is 1. The lowest BCUT2D eigenvalue weighted by molar-refractivity contribution is -0.123. The molecular weight excluding hydrogens is 385 g/mol. The quantitative estimate of drug-likeness (QED) is 0.730. The number of carbonyl (C=O) groups is 2. The molecule has 2 rings (SSSR count). The molecule has 0 spiro atoms. The number of sulfonamides is 1. The largest absolute Gasteiger partial charge is 0.405 e. The Labute approximate surface area is 153 Å². The highest BCUT2D eigenvalue weighted by Crippen LogP contribution is 2.21. The third-order valence-electron chi connectivity index (χ3n) is 3.41. The maximum absolute atomic E-state index is 12.5. The number of benzene rings is 2. The topological polar surface area (TPSA) is 92.3 Å². The van der Waals surface area contributed by atoms with Crippen LogP contribution in [-0.4, -0.2) is 32.8 Å². The first-order valence-electron chi connectivity index (χ1n) is 7.57. The van der Waals surface area contributed by atoms with E-state index in [1.165, 1.54) is 43.3 Å². The molecule has 0 aliphatic heterocycles. The summed E-state index contributed by atoms with van der Waals surface area (Å²) in [6.45, 7) is -0.258. The highest BCUT2D eigenvalue weighted by molar-refractivity contribution is 7.92.